The molecule has 222 valence electrons. The molecule has 0 atom stereocenters. The fourth-order valence-corrected chi connectivity index (χ4v) is 7.51. The van der Waals surface area contributed by atoms with Gasteiger partial charge < -0.3 is 0 Å². The van der Waals surface area contributed by atoms with E-state index in [-0.39, 0.29) is 0 Å². The summed E-state index contributed by atoms with van der Waals surface area (Å²) < 4.78 is 0. The van der Waals surface area contributed by atoms with Crippen molar-refractivity contribution in [3.8, 4) is 50.6 Å². The average molecular weight is 608 g/mol. The summed E-state index contributed by atoms with van der Waals surface area (Å²) in [6.45, 7) is 0. The zero-order valence-corrected chi connectivity index (χ0v) is 26.2. The van der Waals surface area contributed by atoms with Crippen molar-refractivity contribution in [2.24, 2.45) is 0 Å². The topological polar surface area (TPSA) is 23.8 Å². The second-order valence-electron chi connectivity index (χ2n) is 12.4. The lowest BCUT2D eigenvalue weighted by Crippen LogP contribution is -1.94. The van der Waals surface area contributed by atoms with E-state index in [2.05, 4.69) is 176 Å². The van der Waals surface area contributed by atoms with Crippen molar-refractivity contribution in [2.75, 3.05) is 0 Å². The minimum Gasteiger partial charge on any atom is -0.192 e. The molecule has 0 unspecified atom stereocenters. The summed E-state index contributed by atoms with van der Waals surface area (Å²) in [5, 5.41) is 20.2. The molecule has 0 aromatic heterocycles. The van der Waals surface area contributed by atoms with Crippen LogP contribution in [-0.2, 0) is 0 Å². The lowest BCUT2D eigenvalue weighted by molar-refractivity contribution is 1.48. The van der Waals surface area contributed by atoms with Crippen molar-refractivity contribution >= 4 is 43.1 Å². The van der Waals surface area contributed by atoms with Crippen LogP contribution in [-0.4, -0.2) is 0 Å². The van der Waals surface area contributed by atoms with Gasteiger partial charge in [-0.15, -0.1) is 0 Å². The van der Waals surface area contributed by atoms with Gasteiger partial charge in [0, 0.05) is 5.56 Å². The highest BCUT2D eigenvalue weighted by atomic mass is 14.3. The predicted molar refractivity (Wildman–Crippen MR) is 203 cm³/mol. The number of hydrogen-bond acceptors (Lipinski definition) is 1. The molecule has 0 saturated carbocycles. The first-order chi connectivity index (χ1) is 23.8. The molecule has 9 aromatic rings. The Labute approximate surface area is 279 Å². The molecule has 0 spiro atoms. The zero-order chi connectivity index (χ0) is 32.0. The molecular formula is C47H29N. The Balaban J connectivity index is 1.30. The molecule has 48 heavy (non-hydrogen) atoms. The normalized spacial score (nSPS) is 11.3. The summed E-state index contributed by atoms with van der Waals surface area (Å²) in [6.07, 6.45) is 0. The maximum absolute atomic E-state index is 10.5. The summed E-state index contributed by atoms with van der Waals surface area (Å²) in [6, 6.07) is 65.1. The van der Waals surface area contributed by atoms with E-state index < -0.39 is 0 Å². The Bertz CT molecular complexity index is 2730. The summed E-state index contributed by atoms with van der Waals surface area (Å²) >= 11 is 0. The van der Waals surface area contributed by atoms with Gasteiger partial charge in [-0.25, -0.2) is 0 Å². The minimum absolute atomic E-state index is 0.660. The number of hydrogen-bond donors (Lipinski definition) is 0. The number of benzene rings is 9. The van der Waals surface area contributed by atoms with Gasteiger partial charge >= 0.3 is 0 Å². The van der Waals surface area contributed by atoms with Crippen molar-refractivity contribution in [3.05, 3.63) is 181 Å². The molecule has 0 aliphatic rings. The van der Waals surface area contributed by atoms with Crippen molar-refractivity contribution in [2.45, 2.75) is 0 Å². The summed E-state index contributed by atoms with van der Waals surface area (Å²) in [5.41, 5.74) is 9.54. The molecule has 0 heterocycles. The highest BCUT2D eigenvalue weighted by Gasteiger charge is 2.20. The predicted octanol–water partition coefficient (Wildman–Crippen LogP) is 12.8. The molecule has 1 heteroatoms. The van der Waals surface area contributed by atoms with Gasteiger partial charge in [0.05, 0.1) is 11.6 Å². The first-order valence-electron chi connectivity index (χ1n) is 16.3. The van der Waals surface area contributed by atoms with Crippen LogP contribution in [0.5, 0.6) is 0 Å². The average Bonchev–Trinajstić information content (AvgIpc) is 3.17. The van der Waals surface area contributed by atoms with Crippen molar-refractivity contribution < 1.29 is 0 Å². The summed E-state index contributed by atoms with van der Waals surface area (Å²) in [4.78, 5) is 0. The number of fused-ring (bicyclic) bond motifs is 6. The van der Waals surface area contributed by atoms with Gasteiger partial charge in [0.2, 0.25) is 0 Å². The molecule has 0 bridgehead atoms. The van der Waals surface area contributed by atoms with E-state index in [9.17, 15) is 5.26 Å². The SMILES string of the molecule is N#Cc1ccc(-c2cccc(-c3cc4ccccc4c4ccccc34)c2)cc1-c1c(-c2ccccc2)c2ccccc2c2ccccc12. The highest BCUT2D eigenvalue weighted by molar-refractivity contribution is 6.22. The molecule has 9 aromatic carbocycles. The molecule has 0 N–H and O–H groups in total. The van der Waals surface area contributed by atoms with Gasteiger partial charge in [-0.1, -0.05) is 152 Å². The van der Waals surface area contributed by atoms with E-state index >= 15 is 0 Å². The smallest absolute Gasteiger partial charge is 0.0998 e. The zero-order valence-electron chi connectivity index (χ0n) is 26.2. The monoisotopic (exact) mass is 607 g/mol. The van der Waals surface area contributed by atoms with Crippen molar-refractivity contribution in [3.63, 3.8) is 0 Å². The molecule has 0 amide bonds. The van der Waals surface area contributed by atoms with Gasteiger partial charge in [-0.2, -0.15) is 5.26 Å². The van der Waals surface area contributed by atoms with Crippen LogP contribution in [0.1, 0.15) is 5.56 Å². The van der Waals surface area contributed by atoms with Crippen LogP contribution in [0.25, 0.3) is 87.6 Å². The third kappa shape index (κ3) is 4.47. The summed E-state index contributed by atoms with van der Waals surface area (Å²) in [5.74, 6) is 0. The summed E-state index contributed by atoms with van der Waals surface area (Å²) in [7, 11) is 0. The molecule has 0 fully saturated rings. The van der Waals surface area contributed by atoms with Gasteiger partial charge in [0.1, 0.15) is 0 Å². The Morgan fingerprint density at radius 1 is 0.312 bits per heavy atom. The first-order valence-corrected chi connectivity index (χ1v) is 16.3. The molecular weight excluding hydrogens is 579 g/mol. The molecule has 0 radical (unpaired) electrons. The fourth-order valence-electron chi connectivity index (χ4n) is 7.51. The van der Waals surface area contributed by atoms with Crippen molar-refractivity contribution in [1.29, 1.82) is 5.26 Å². The van der Waals surface area contributed by atoms with E-state index in [0.29, 0.717) is 5.56 Å². The van der Waals surface area contributed by atoms with Gasteiger partial charge in [-0.3, -0.25) is 0 Å². The standard InChI is InChI=1S/C47H29N/c48-30-36-26-25-33(32-16-12-17-34(27-32)44-29-35-15-4-5-18-37(35)38-19-6-7-22-41(38)44)28-45(36)47-43-24-11-9-21-40(43)39-20-8-10-23-42(39)46(47)31-13-2-1-3-14-31/h1-29H. The second kappa shape index (κ2) is 11.4. The fraction of sp³-hybridized carbons (Fsp3) is 0. The maximum atomic E-state index is 10.5. The third-order valence-corrected chi connectivity index (χ3v) is 9.68. The maximum Gasteiger partial charge on any atom is 0.0998 e. The van der Waals surface area contributed by atoms with E-state index in [1.54, 1.807) is 0 Å². The van der Waals surface area contributed by atoms with Gasteiger partial charge in [0.25, 0.3) is 0 Å². The third-order valence-electron chi connectivity index (χ3n) is 9.68. The largest absolute Gasteiger partial charge is 0.192 e. The van der Waals surface area contributed by atoms with Crippen LogP contribution >= 0.6 is 0 Å². The quantitative estimate of drug-likeness (QED) is 0.183. The molecule has 0 aliphatic heterocycles. The van der Waals surface area contributed by atoms with Crippen LogP contribution in [0.3, 0.4) is 0 Å². The van der Waals surface area contributed by atoms with E-state index in [0.717, 1.165) is 38.8 Å². The molecule has 9 rings (SSSR count). The van der Waals surface area contributed by atoms with Gasteiger partial charge in [0.15, 0.2) is 0 Å². The molecule has 0 aliphatic carbocycles. The number of nitriles is 1. The lowest BCUT2D eigenvalue weighted by Gasteiger charge is -2.20. The highest BCUT2D eigenvalue weighted by Crippen LogP contribution is 2.46. The van der Waals surface area contributed by atoms with Crippen molar-refractivity contribution in [1.82, 2.24) is 0 Å². The minimum atomic E-state index is 0.660. The number of nitrogens with zero attached hydrogens (tertiary/aromatic N) is 1. The van der Waals surface area contributed by atoms with Gasteiger partial charge in [-0.05, 0) is 106 Å². The van der Waals surface area contributed by atoms with Crippen LogP contribution in [0.4, 0.5) is 0 Å². The Morgan fingerprint density at radius 3 is 1.54 bits per heavy atom. The van der Waals surface area contributed by atoms with Crippen LogP contribution in [0.2, 0.25) is 0 Å². The first kappa shape index (κ1) is 27.8. The molecule has 1 nitrogen and oxygen atoms in total. The van der Waals surface area contributed by atoms with Crippen LogP contribution < -0.4 is 0 Å². The Kier molecular flexibility index (Phi) is 6.59. The van der Waals surface area contributed by atoms with E-state index in [1.165, 1.54) is 48.8 Å². The Hall–Kier alpha value is -6.49. The lowest BCUT2D eigenvalue weighted by atomic mass is 9.83. The van der Waals surface area contributed by atoms with Crippen LogP contribution in [0.15, 0.2) is 176 Å². The van der Waals surface area contributed by atoms with E-state index in [1.807, 2.05) is 6.07 Å². The Morgan fingerprint density at radius 2 is 0.833 bits per heavy atom. The van der Waals surface area contributed by atoms with Crippen LogP contribution in [0, 0.1) is 11.3 Å². The molecule has 0 saturated heterocycles. The number of rotatable bonds is 4. The second-order valence-corrected chi connectivity index (χ2v) is 12.4. The van der Waals surface area contributed by atoms with E-state index in [4.69, 9.17) is 0 Å².